The van der Waals surface area contributed by atoms with Crippen LogP contribution < -0.4 is 0 Å². The fourth-order valence-electron chi connectivity index (χ4n) is 1.44. The van der Waals surface area contributed by atoms with Gasteiger partial charge in [0, 0.05) is 5.56 Å². The first kappa shape index (κ1) is 14.5. The summed E-state index contributed by atoms with van der Waals surface area (Å²) in [6, 6.07) is 5.62. The van der Waals surface area contributed by atoms with Crippen LogP contribution in [0.5, 0.6) is 0 Å². The lowest BCUT2D eigenvalue weighted by molar-refractivity contribution is 0.0525. The number of carbonyl (C=O) groups is 1. The average Bonchev–Trinajstić information content (AvgIpc) is 2.25. The van der Waals surface area contributed by atoms with Crippen LogP contribution in [0.15, 0.2) is 18.2 Å². The molecule has 18 heavy (non-hydrogen) atoms. The number of esters is 1. The van der Waals surface area contributed by atoms with Gasteiger partial charge >= 0.3 is 5.97 Å². The number of hydrogen-bond acceptors (Lipinski definition) is 2. The van der Waals surface area contributed by atoms with Gasteiger partial charge in [-0.25, -0.2) is 4.79 Å². The van der Waals surface area contributed by atoms with E-state index in [0.717, 1.165) is 11.1 Å². The first-order valence-corrected chi connectivity index (χ1v) is 9.64. The summed E-state index contributed by atoms with van der Waals surface area (Å²) in [7, 11) is -1.36. The van der Waals surface area contributed by atoms with Crippen molar-refractivity contribution in [3.63, 3.8) is 0 Å². The fourth-order valence-corrected chi connectivity index (χ4v) is 1.96. The minimum Gasteiger partial charge on any atom is -0.462 e. The molecule has 0 amide bonds. The third-order valence-electron chi connectivity index (χ3n) is 2.30. The van der Waals surface area contributed by atoms with Gasteiger partial charge in [-0.05, 0) is 37.6 Å². The predicted octanol–water partition coefficient (Wildman–Crippen LogP) is 3.40. The van der Waals surface area contributed by atoms with Crippen molar-refractivity contribution in [3.8, 4) is 11.5 Å². The predicted molar refractivity (Wildman–Crippen MR) is 77.4 cm³/mol. The van der Waals surface area contributed by atoms with E-state index in [9.17, 15) is 4.79 Å². The maximum Gasteiger partial charge on any atom is 0.338 e. The van der Waals surface area contributed by atoms with Crippen molar-refractivity contribution in [2.75, 3.05) is 6.61 Å². The number of rotatable bonds is 2. The van der Waals surface area contributed by atoms with Gasteiger partial charge in [0.05, 0.1) is 12.2 Å². The van der Waals surface area contributed by atoms with E-state index in [1.807, 2.05) is 19.1 Å². The quantitative estimate of drug-likeness (QED) is 0.463. The maximum atomic E-state index is 11.6. The summed E-state index contributed by atoms with van der Waals surface area (Å²) in [6.07, 6.45) is 0. The van der Waals surface area contributed by atoms with Gasteiger partial charge in [0.2, 0.25) is 0 Å². The van der Waals surface area contributed by atoms with E-state index in [1.54, 1.807) is 13.0 Å². The van der Waals surface area contributed by atoms with Crippen molar-refractivity contribution < 1.29 is 9.53 Å². The maximum absolute atomic E-state index is 11.6. The lowest BCUT2D eigenvalue weighted by Gasteiger charge is -2.06. The van der Waals surface area contributed by atoms with Crippen molar-refractivity contribution in [1.29, 1.82) is 0 Å². The van der Waals surface area contributed by atoms with Gasteiger partial charge < -0.3 is 4.74 Å². The number of benzene rings is 1. The summed E-state index contributed by atoms with van der Waals surface area (Å²) in [5, 5.41) is 0. The largest absolute Gasteiger partial charge is 0.462 e. The van der Waals surface area contributed by atoms with Gasteiger partial charge in [0.1, 0.15) is 8.07 Å². The molecule has 2 nitrogen and oxygen atoms in total. The zero-order valence-electron chi connectivity index (χ0n) is 11.8. The first-order chi connectivity index (χ1) is 8.33. The van der Waals surface area contributed by atoms with Gasteiger partial charge in [0.25, 0.3) is 0 Å². The molecule has 1 aromatic rings. The van der Waals surface area contributed by atoms with Crippen LogP contribution in [0.3, 0.4) is 0 Å². The Morgan fingerprint density at radius 2 is 2.00 bits per heavy atom. The molecule has 0 aliphatic heterocycles. The van der Waals surface area contributed by atoms with E-state index in [-0.39, 0.29) is 5.97 Å². The second kappa shape index (κ2) is 5.88. The van der Waals surface area contributed by atoms with Gasteiger partial charge in [0.15, 0.2) is 0 Å². The molecule has 0 aliphatic carbocycles. The summed E-state index contributed by atoms with van der Waals surface area (Å²) in [5.74, 6) is 2.92. The topological polar surface area (TPSA) is 26.3 Å². The Balaban J connectivity index is 2.99. The smallest absolute Gasteiger partial charge is 0.338 e. The average molecular weight is 260 g/mol. The van der Waals surface area contributed by atoms with E-state index in [0.29, 0.717) is 12.2 Å². The van der Waals surface area contributed by atoms with Crippen LogP contribution in [0, 0.1) is 18.4 Å². The summed E-state index contributed by atoms with van der Waals surface area (Å²) in [5.41, 5.74) is 5.81. The molecule has 3 heteroatoms. The lowest BCUT2D eigenvalue weighted by Crippen LogP contribution is -2.16. The Kier molecular flexibility index (Phi) is 4.74. The van der Waals surface area contributed by atoms with E-state index in [4.69, 9.17) is 4.74 Å². The highest BCUT2D eigenvalue weighted by Gasteiger charge is 2.10. The number of ether oxygens (including phenoxy) is 1. The molecular weight excluding hydrogens is 240 g/mol. The molecule has 0 aliphatic rings. The third kappa shape index (κ3) is 4.38. The van der Waals surface area contributed by atoms with Gasteiger partial charge in [-0.15, -0.1) is 5.54 Å². The molecule has 0 radical (unpaired) electrons. The van der Waals surface area contributed by atoms with Crippen LogP contribution in [-0.4, -0.2) is 20.7 Å². The second-order valence-electron chi connectivity index (χ2n) is 5.25. The molecule has 0 spiro atoms. The van der Waals surface area contributed by atoms with Crippen molar-refractivity contribution >= 4 is 14.0 Å². The van der Waals surface area contributed by atoms with Crippen LogP contribution in [0.4, 0.5) is 0 Å². The highest BCUT2D eigenvalue weighted by atomic mass is 28.3. The zero-order chi connectivity index (χ0) is 13.8. The molecule has 0 atom stereocenters. The van der Waals surface area contributed by atoms with E-state index >= 15 is 0 Å². The van der Waals surface area contributed by atoms with Crippen LogP contribution in [0.1, 0.15) is 28.4 Å². The molecule has 0 N–H and O–H groups in total. The van der Waals surface area contributed by atoms with Crippen molar-refractivity contribution in [3.05, 3.63) is 34.9 Å². The van der Waals surface area contributed by atoms with Gasteiger partial charge in [-0.3, -0.25) is 0 Å². The third-order valence-corrected chi connectivity index (χ3v) is 3.18. The summed E-state index contributed by atoms with van der Waals surface area (Å²) < 4.78 is 4.99. The normalized spacial score (nSPS) is 10.5. The monoisotopic (exact) mass is 260 g/mol. The number of hydrogen-bond donors (Lipinski definition) is 0. The molecular formula is C15H20O2Si. The molecule has 0 saturated heterocycles. The minimum atomic E-state index is -1.36. The first-order valence-electron chi connectivity index (χ1n) is 6.14. The summed E-state index contributed by atoms with van der Waals surface area (Å²) in [4.78, 5) is 11.6. The number of carbonyl (C=O) groups excluding carboxylic acids is 1. The lowest BCUT2D eigenvalue weighted by atomic mass is 10.1. The molecule has 0 bridgehead atoms. The SMILES string of the molecule is CCOC(=O)c1ccc(C#C[Si](C)(C)C)cc1C. The van der Waals surface area contributed by atoms with Crippen LogP contribution in [0.25, 0.3) is 0 Å². The van der Waals surface area contributed by atoms with Crippen LogP contribution in [-0.2, 0) is 4.74 Å². The Labute approximate surface area is 110 Å². The molecule has 1 rings (SSSR count). The van der Waals surface area contributed by atoms with E-state index < -0.39 is 8.07 Å². The molecule has 0 saturated carbocycles. The molecule has 0 aromatic heterocycles. The van der Waals surface area contributed by atoms with Gasteiger partial charge in [-0.1, -0.05) is 25.6 Å². The zero-order valence-corrected chi connectivity index (χ0v) is 12.8. The standard InChI is InChI=1S/C15H20O2Si/c1-6-17-15(16)14-8-7-13(11-12(14)2)9-10-18(3,4)5/h7-8,11H,6H2,1-5H3. The Bertz CT molecular complexity index is 501. The summed E-state index contributed by atoms with van der Waals surface area (Å²) >= 11 is 0. The van der Waals surface area contributed by atoms with E-state index in [2.05, 4.69) is 31.1 Å². The Morgan fingerprint density at radius 3 is 2.50 bits per heavy atom. The molecule has 96 valence electrons. The molecule has 0 unspecified atom stereocenters. The van der Waals surface area contributed by atoms with Crippen LogP contribution >= 0.6 is 0 Å². The Hall–Kier alpha value is -1.53. The molecule has 0 heterocycles. The number of aryl methyl sites for hydroxylation is 1. The summed E-state index contributed by atoms with van der Waals surface area (Å²) in [6.45, 7) is 10.7. The fraction of sp³-hybridized carbons (Fsp3) is 0.400. The minimum absolute atomic E-state index is 0.264. The van der Waals surface area contributed by atoms with Crippen molar-refractivity contribution in [2.45, 2.75) is 33.5 Å². The highest BCUT2D eigenvalue weighted by molar-refractivity contribution is 6.83. The van der Waals surface area contributed by atoms with E-state index in [1.165, 1.54) is 0 Å². The molecule has 0 fully saturated rings. The van der Waals surface area contributed by atoms with Crippen molar-refractivity contribution in [2.24, 2.45) is 0 Å². The molecule has 1 aromatic carbocycles. The highest BCUT2D eigenvalue weighted by Crippen LogP contribution is 2.12. The van der Waals surface area contributed by atoms with Gasteiger partial charge in [-0.2, -0.15) is 0 Å². The van der Waals surface area contributed by atoms with Crippen molar-refractivity contribution in [1.82, 2.24) is 0 Å². The Morgan fingerprint density at radius 1 is 1.33 bits per heavy atom. The second-order valence-corrected chi connectivity index (χ2v) is 10.0. The van der Waals surface area contributed by atoms with Crippen LogP contribution in [0.2, 0.25) is 19.6 Å².